The standard InChI is InChI=1S/C31H36FN7O2.C26H28FN5O/c1-6-17-33-29-24(21-34-31(37-29)36-27-13-8-11-25(32)20-27)16-15-23-10-7-12-26(19-23)35-30(41)22(2)39(5)28(40)14-9-18-38(3)4;1-4-14-28-24-20(17-29-26(32-24)31-23-11-7-9-21(27)16-23)13-12-19-8-6-10-22(15-19)30-25(33)18(3)5-2/h7-14,19-22H,6,17-18H2,1-5H3,(H,35,41)(H2,33,34,36,37);6-11,15-18H,4-5,14H2,1-3H3,(H,30,33)(H2,28,29,31,32)/b14-9+;/t22-;18-/m01/s1. The van der Waals surface area contributed by atoms with Gasteiger partial charge >= 0.3 is 0 Å². The number of benzene rings is 4. The molecular weight excluding hydrogens is 939 g/mol. The number of anilines is 8. The van der Waals surface area contributed by atoms with E-state index in [9.17, 15) is 23.2 Å². The summed E-state index contributed by atoms with van der Waals surface area (Å²) in [5.41, 5.74) is 5.04. The molecule has 0 fully saturated rings. The van der Waals surface area contributed by atoms with Gasteiger partial charge in [-0.15, -0.1) is 0 Å². The molecule has 384 valence electrons. The number of aromatic nitrogens is 4. The van der Waals surface area contributed by atoms with Gasteiger partial charge in [-0.2, -0.15) is 9.97 Å². The van der Waals surface area contributed by atoms with E-state index in [1.165, 1.54) is 35.2 Å². The van der Waals surface area contributed by atoms with Gasteiger partial charge < -0.3 is 41.7 Å². The Morgan fingerprint density at radius 2 is 1.08 bits per heavy atom. The molecule has 0 radical (unpaired) electrons. The molecule has 0 bridgehead atoms. The van der Waals surface area contributed by atoms with E-state index in [1.807, 2.05) is 70.1 Å². The second-order valence-electron chi connectivity index (χ2n) is 17.3. The van der Waals surface area contributed by atoms with Crippen molar-refractivity contribution in [2.45, 2.75) is 59.9 Å². The highest BCUT2D eigenvalue weighted by Gasteiger charge is 2.21. The lowest BCUT2D eigenvalue weighted by molar-refractivity contribution is -0.132. The molecule has 0 aliphatic heterocycles. The Hall–Kier alpha value is -8.67. The van der Waals surface area contributed by atoms with E-state index >= 15 is 0 Å². The zero-order valence-corrected chi connectivity index (χ0v) is 43.1. The van der Waals surface area contributed by atoms with Gasteiger partial charge in [0.1, 0.15) is 29.3 Å². The van der Waals surface area contributed by atoms with Crippen LogP contribution in [0.5, 0.6) is 0 Å². The first-order valence-electron chi connectivity index (χ1n) is 24.3. The molecule has 3 amide bonds. The van der Waals surface area contributed by atoms with E-state index in [0.29, 0.717) is 76.1 Å². The van der Waals surface area contributed by atoms with Crippen LogP contribution in [-0.2, 0) is 14.4 Å². The topological polar surface area (TPSA) is 181 Å². The Labute approximate surface area is 433 Å². The van der Waals surface area contributed by atoms with Crippen molar-refractivity contribution in [2.75, 3.05) is 72.7 Å². The number of likely N-dealkylation sites (N-methyl/N-ethyl adjacent to an activating group) is 2. The fourth-order valence-corrected chi connectivity index (χ4v) is 6.39. The average Bonchev–Trinajstić information content (AvgIpc) is 3.38. The van der Waals surface area contributed by atoms with E-state index in [1.54, 1.807) is 74.9 Å². The highest BCUT2D eigenvalue weighted by molar-refractivity contribution is 5.98. The molecule has 2 aromatic heterocycles. The molecule has 0 unspecified atom stereocenters. The van der Waals surface area contributed by atoms with Crippen molar-refractivity contribution >= 4 is 64.0 Å². The van der Waals surface area contributed by atoms with Crippen molar-refractivity contribution in [2.24, 2.45) is 5.92 Å². The van der Waals surface area contributed by atoms with Crippen molar-refractivity contribution in [3.63, 3.8) is 0 Å². The summed E-state index contributed by atoms with van der Waals surface area (Å²) >= 11 is 0. The zero-order chi connectivity index (χ0) is 53.4. The van der Waals surface area contributed by atoms with Gasteiger partial charge in [0.2, 0.25) is 29.6 Å². The molecule has 0 aliphatic carbocycles. The first kappa shape index (κ1) is 56.2. The molecule has 0 spiro atoms. The van der Waals surface area contributed by atoms with Gasteiger partial charge in [0.05, 0.1) is 23.5 Å². The molecule has 74 heavy (non-hydrogen) atoms. The number of rotatable bonds is 19. The lowest BCUT2D eigenvalue weighted by atomic mass is 10.1. The molecule has 4 aromatic carbocycles. The van der Waals surface area contributed by atoms with Crippen LogP contribution in [0.4, 0.5) is 55.1 Å². The summed E-state index contributed by atoms with van der Waals surface area (Å²) in [6.45, 7) is 11.7. The fraction of sp³-hybridized carbons (Fsp3) is 0.281. The third-order valence-corrected chi connectivity index (χ3v) is 10.9. The molecule has 17 heteroatoms. The number of nitrogens with zero attached hydrogens (tertiary/aromatic N) is 6. The highest BCUT2D eigenvalue weighted by atomic mass is 19.1. The van der Waals surface area contributed by atoms with Crippen LogP contribution in [0, 0.1) is 41.2 Å². The summed E-state index contributed by atoms with van der Waals surface area (Å²) in [6.07, 6.45) is 9.05. The quantitative estimate of drug-likeness (QED) is 0.0334. The second-order valence-corrected chi connectivity index (χ2v) is 17.3. The molecule has 2 heterocycles. The van der Waals surface area contributed by atoms with Crippen LogP contribution in [0.25, 0.3) is 0 Å². The Morgan fingerprint density at radius 1 is 0.622 bits per heavy atom. The Kier molecular flexibility index (Phi) is 22.0. The average molecular weight is 1000 g/mol. The van der Waals surface area contributed by atoms with E-state index in [0.717, 1.165) is 31.4 Å². The summed E-state index contributed by atoms with van der Waals surface area (Å²) in [5, 5.41) is 18.3. The summed E-state index contributed by atoms with van der Waals surface area (Å²) < 4.78 is 27.0. The molecule has 6 N–H and O–H groups in total. The third-order valence-electron chi connectivity index (χ3n) is 10.9. The molecule has 6 rings (SSSR count). The van der Waals surface area contributed by atoms with Gasteiger partial charge in [0.15, 0.2) is 0 Å². The lowest BCUT2D eigenvalue weighted by Crippen LogP contribution is -2.42. The summed E-state index contributed by atoms with van der Waals surface area (Å²) in [6, 6.07) is 26.1. The first-order valence-corrected chi connectivity index (χ1v) is 24.3. The van der Waals surface area contributed by atoms with Crippen molar-refractivity contribution in [1.29, 1.82) is 0 Å². The molecule has 15 nitrogen and oxygen atoms in total. The number of carbonyl (C=O) groups is 3. The minimum atomic E-state index is -0.676. The maximum Gasteiger partial charge on any atom is 0.246 e. The van der Waals surface area contributed by atoms with Gasteiger partial charge in [-0.1, -0.05) is 81.7 Å². The van der Waals surface area contributed by atoms with Crippen LogP contribution >= 0.6 is 0 Å². The predicted molar refractivity (Wildman–Crippen MR) is 292 cm³/mol. The van der Waals surface area contributed by atoms with Crippen molar-refractivity contribution in [3.8, 4) is 23.7 Å². The highest BCUT2D eigenvalue weighted by Crippen LogP contribution is 2.21. The predicted octanol–water partition coefficient (Wildman–Crippen LogP) is 10.0. The van der Waals surface area contributed by atoms with Crippen LogP contribution in [0.1, 0.15) is 76.1 Å². The number of carbonyl (C=O) groups excluding carboxylic acids is 3. The molecular formula is C57H64F2N12O3. The van der Waals surface area contributed by atoms with Gasteiger partial charge in [-0.05, 0) is 113 Å². The summed E-state index contributed by atoms with van der Waals surface area (Å²) in [7, 11) is 5.42. The fourth-order valence-electron chi connectivity index (χ4n) is 6.39. The van der Waals surface area contributed by atoms with Gasteiger partial charge in [0, 0.05) is 72.6 Å². The SMILES string of the molecule is CCCNc1nc(Nc2cccc(F)c2)ncc1C#Cc1cccc(NC(=O)[C@H](C)CC)c1.CCCNc1nc(Nc2cccc(F)c2)ncc1C#Cc1cccc(NC(=O)[C@H](C)N(C)C(=O)/C=C/CN(C)C)c1. The minimum absolute atomic E-state index is 0.0107. The Bertz CT molecular complexity index is 3020. The van der Waals surface area contributed by atoms with Crippen LogP contribution in [0.2, 0.25) is 0 Å². The van der Waals surface area contributed by atoms with Gasteiger partial charge in [-0.3, -0.25) is 14.4 Å². The van der Waals surface area contributed by atoms with Crippen LogP contribution < -0.4 is 31.9 Å². The van der Waals surface area contributed by atoms with Crippen molar-refractivity contribution in [1.82, 2.24) is 29.7 Å². The molecule has 0 saturated carbocycles. The number of amides is 3. The van der Waals surface area contributed by atoms with Crippen LogP contribution in [-0.4, -0.2) is 94.3 Å². The second kappa shape index (κ2) is 29.0. The van der Waals surface area contributed by atoms with Crippen LogP contribution in [0.15, 0.2) is 122 Å². The number of nitrogens with one attached hydrogen (secondary N) is 6. The third kappa shape index (κ3) is 18.5. The summed E-state index contributed by atoms with van der Waals surface area (Å²) in [5.74, 6) is 12.9. The number of halogens is 2. The van der Waals surface area contributed by atoms with E-state index < -0.39 is 6.04 Å². The van der Waals surface area contributed by atoms with Gasteiger partial charge in [-0.25, -0.2) is 18.7 Å². The van der Waals surface area contributed by atoms with Crippen molar-refractivity contribution < 1.29 is 23.2 Å². The molecule has 0 saturated heterocycles. The van der Waals surface area contributed by atoms with E-state index in [-0.39, 0.29) is 35.3 Å². The zero-order valence-electron chi connectivity index (χ0n) is 43.1. The first-order chi connectivity index (χ1) is 35.6. The maximum atomic E-state index is 13.6. The smallest absolute Gasteiger partial charge is 0.246 e. The normalized spacial score (nSPS) is 11.3. The Balaban J connectivity index is 0.000000280. The Morgan fingerprint density at radius 3 is 1.53 bits per heavy atom. The number of hydrogen-bond donors (Lipinski definition) is 6. The van der Waals surface area contributed by atoms with E-state index in [2.05, 4.69) is 82.4 Å². The number of hydrogen-bond acceptors (Lipinski definition) is 12. The molecule has 0 aliphatic rings. The van der Waals surface area contributed by atoms with Crippen LogP contribution in [0.3, 0.4) is 0 Å². The maximum absolute atomic E-state index is 13.6. The van der Waals surface area contributed by atoms with E-state index in [4.69, 9.17) is 0 Å². The molecule has 2 atom stereocenters. The monoisotopic (exact) mass is 1000 g/mol. The minimum Gasteiger partial charge on any atom is -0.369 e. The molecule has 6 aromatic rings. The van der Waals surface area contributed by atoms with Gasteiger partial charge in [0.25, 0.3) is 0 Å². The summed E-state index contributed by atoms with van der Waals surface area (Å²) in [4.78, 5) is 58.4. The lowest BCUT2D eigenvalue weighted by Gasteiger charge is -2.23. The van der Waals surface area contributed by atoms with Crippen molar-refractivity contribution in [3.05, 3.63) is 155 Å². The largest absolute Gasteiger partial charge is 0.369 e.